The van der Waals surface area contributed by atoms with Crippen LogP contribution in [0.25, 0.3) is 5.69 Å². The molecule has 0 amide bonds. The van der Waals surface area contributed by atoms with Crippen LogP contribution in [-0.2, 0) is 0 Å². The Morgan fingerprint density at radius 2 is 2.12 bits per heavy atom. The van der Waals surface area contributed by atoms with Crippen molar-refractivity contribution in [3.63, 3.8) is 0 Å². The molecule has 0 saturated carbocycles. The third-order valence-electron chi connectivity index (χ3n) is 2.43. The summed E-state index contributed by atoms with van der Waals surface area (Å²) in [6.07, 6.45) is 3.74. The number of hydrogen-bond donors (Lipinski definition) is 1. The summed E-state index contributed by atoms with van der Waals surface area (Å²) in [6, 6.07) is 5.88. The molecule has 0 aliphatic heterocycles. The molecular formula is C12H14BrN3. The van der Waals surface area contributed by atoms with E-state index in [1.807, 2.05) is 29.0 Å². The zero-order valence-electron chi connectivity index (χ0n) is 9.31. The van der Waals surface area contributed by atoms with Crippen LogP contribution >= 0.6 is 15.9 Å². The van der Waals surface area contributed by atoms with E-state index < -0.39 is 0 Å². The molecule has 84 valence electrons. The fraction of sp³-hybridized carbons (Fsp3) is 0.250. The minimum atomic E-state index is 0.373. The van der Waals surface area contributed by atoms with Crippen LogP contribution in [0.5, 0.6) is 0 Å². The van der Waals surface area contributed by atoms with Crippen LogP contribution in [-0.4, -0.2) is 9.55 Å². The van der Waals surface area contributed by atoms with E-state index in [1.165, 1.54) is 0 Å². The zero-order chi connectivity index (χ0) is 11.7. The number of hydrogen-bond acceptors (Lipinski definition) is 2. The number of halogens is 1. The van der Waals surface area contributed by atoms with Crippen LogP contribution in [0.15, 0.2) is 35.1 Å². The predicted molar refractivity (Wildman–Crippen MR) is 69.8 cm³/mol. The van der Waals surface area contributed by atoms with Crippen LogP contribution in [0.3, 0.4) is 0 Å². The smallest absolute Gasteiger partial charge is 0.115 e. The first-order chi connectivity index (χ1) is 7.59. The lowest BCUT2D eigenvalue weighted by Gasteiger charge is -2.12. The standard InChI is InChI=1S/C12H14BrN3/c1-8(2)12-15-5-6-16(12)11-4-3-9(13)7-10(11)14/h3-8H,14H2,1-2H3. The molecule has 0 aliphatic rings. The van der Waals surface area contributed by atoms with Crippen molar-refractivity contribution in [2.45, 2.75) is 19.8 Å². The van der Waals surface area contributed by atoms with E-state index in [9.17, 15) is 0 Å². The third kappa shape index (κ3) is 1.97. The molecule has 0 unspecified atom stereocenters. The second-order valence-corrected chi connectivity index (χ2v) is 4.93. The highest BCUT2D eigenvalue weighted by Crippen LogP contribution is 2.25. The van der Waals surface area contributed by atoms with Gasteiger partial charge >= 0.3 is 0 Å². The summed E-state index contributed by atoms with van der Waals surface area (Å²) >= 11 is 3.40. The van der Waals surface area contributed by atoms with Gasteiger partial charge in [0.05, 0.1) is 11.4 Å². The fourth-order valence-corrected chi connectivity index (χ4v) is 2.07. The minimum absolute atomic E-state index is 0.373. The molecule has 0 saturated heterocycles. The highest BCUT2D eigenvalue weighted by atomic mass is 79.9. The van der Waals surface area contributed by atoms with Gasteiger partial charge < -0.3 is 10.3 Å². The molecule has 0 fully saturated rings. The number of benzene rings is 1. The number of rotatable bonds is 2. The van der Waals surface area contributed by atoms with Gasteiger partial charge in [0.15, 0.2) is 0 Å². The fourth-order valence-electron chi connectivity index (χ4n) is 1.69. The predicted octanol–water partition coefficient (Wildman–Crippen LogP) is 3.34. The Kier molecular flexibility index (Phi) is 3.01. The number of imidazole rings is 1. The molecule has 4 heteroatoms. The van der Waals surface area contributed by atoms with E-state index >= 15 is 0 Å². The maximum atomic E-state index is 6.00. The second kappa shape index (κ2) is 4.29. The van der Waals surface area contributed by atoms with Crippen molar-refractivity contribution in [3.8, 4) is 5.69 Å². The van der Waals surface area contributed by atoms with E-state index in [4.69, 9.17) is 5.73 Å². The molecule has 3 nitrogen and oxygen atoms in total. The van der Waals surface area contributed by atoms with Crippen LogP contribution in [0.1, 0.15) is 25.6 Å². The summed E-state index contributed by atoms with van der Waals surface area (Å²) in [5.41, 5.74) is 7.72. The van der Waals surface area contributed by atoms with Gasteiger partial charge in [0.25, 0.3) is 0 Å². The van der Waals surface area contributed by atoms with Crippen LogP contribution in [0, 0.1) is 0 Å². The molecule has 2 rings (SSSR count). The van der Waals surface area contributed by atoms with Gasteiger partial charge in [-0.3, -0.25) is 0 Å². The first kappa shape index (κ1) is 11.2. The van der Waals surface area contributed by atoms with Gasteiger partial charge in [0.2, 0.25) is 0 Å². The molecule has 1 heterocycles. The molecule has 0 aliphatic carbocycles. The summed E-state index contributed by atoms with van der Waals surface area (Å²) in [7, 11) is 0. The maximum Gasteiger partial charge on any atom is 0.115 e. The van der Waals surface area contributed by atoms with Crippen LogP contribution in [0.2, 0.25) is 0 Å². The van der Waals surface area contributed by atoms with Crippen molar-refractivity contribution in [2.24, 2.45) is 0 Å². The van der Waals surface area contributed by atoms with Gasteiger partial charge in [0.1, 0.15) is 5.82 Å². The molecule has 1 aromatic heterocycles. The molecule has 16 heavy (non-hydrogen) atoms. The van der Waals surface area contributed by atoms with Crippen molar-refractivity contribution in [1.29, 1.82) is 0 Å². The van der Waals surface area contributed by atoms with Crippen molar-refractivity contribution >= 4 is 21.6 Å². The first-order valence-corrected chi connectivity index (χ1v) is 5.97. The van der Waals surface area contributed by atoms with E-state index in [2.05, 4.69) is 34.8 Å². The van der Waals surface area contributed by atoms with Gasteiger partial charge in [-0.25, -0.2) is 4.98 Å². The van der Waals surface area contributed by atoms with Gasteiger partial charge in [-0.15, -0.1) is 0 Å². The molecule has 0 radical (unpaired) electrons. The monoisotopic (exact) mass is 279 g/mol. The highest BCUT2D eigenvalue weighted by molar-refractivity contribution is 9.10. The summed E-state index contributed by atoms with van der Waals surface area (Å²) in [5.74, 6) is 1.40. The number of nitrogen functional groups attached to an aromatic ring is 1. The Morgan fingerprint density at radius 3 is 2.75 bits per heavy atom. The molecule has 0 bridgehead atoms. The molecular weight excluding hydrogens is 266 g/mol. The Hall–Kier alpha value is -1.29. The van der Waals surface area contributed by atoms with Crippen molar-refractivity contribution < 1.29 is 0 Å². The number of nitrogens with zero attached hydrogens (tertiary/aromatic N) is 2. The molecule has 0 spiro atoms. The lowest BCUT2D eigenvalue weighted by Crippen LogP contribution is -2.05. The van der Waals surface area contributed by atoms with Crippen LogP contribution < -0.4 is 5.73 Å². The normalized spacial score (nSPS) is 11.0. The number of nitrogens with two attached hydrogens (primary N) is 1. The van der Waals surface area contributed by atoms with Crippen molar-refractivity contribution in [3.05, 3.63) is 40.9 Å². The van der Waals surface area contributed by atoms with E-state index in [0.29, 0.717) is 5.92 Å². The van der Waals surface area contributed by atoms with Gasteiger partial charge in [-0.2, -0.15) is 0 Å². The lowest BCUT2D eigenvalue weighted by atomic mass is 10.2. The topological polar surface area (TPSA) is 43.8 Å². The Labute approximate surface area is 103 Å². The van der Waals surface area contributed by atoms with Crippen molar-refractivity contribution in [2.75, 3.05) is 5.73 Å². The van der Waals surface area contributed by atoms with Gasteiger partial charge in [0, 0.05) is 22.8 Å². The van der Waals surface area contributed by atoms with E-state index in [1.54, 1.807) is 6.20 Å². The molecule has 2 aromatic rings. The number of aromatic nitrogens is 2. The maximum absolute atomic E-state index is 6.00. The largest absolute Gasteiger partial charge is 0.397 e. The quantitative estimate of drug-likeness (QED) is 0.857. The summed E-state index contributed by atoms with van der Waals surface area (Å²) in [5, 5.41) is 0. The average molecular weight is 280 g/mol. The summed E-state index contributed by atoms with van der Waals surface area (Å²) in [6.45, 7) is 4.24. The van der Waals surface area contributed by atoms with E-state index in [0.717, 1.165) is 21.7 Å². The molecule has 1 aromatic carbocycles. The SMILES string of the molecule is CC(C)c1nccn1-c1ccc(Br)cc1N. The lowest BCUT2D eigenvalue weighted by molar-refractivity contribution is 0.752. The Balaban J connectivity index is 2.54. The molecule has 2 N–H and O–H groups in total. The summed E-state index contributed by atoms with van der Waals surface area (Å²) < 4.78 is 3.02. The minimum Gasteiger partial charge on any atom is -0.397 e. The Bertz CT molecular complexity index is 503. The average Bonchev–Trinajstić information content (AvgIpc) is 2.66. The van der Waals surface area contributed by atoms with Crippen LogP contribution in [0.4, 0.5) is 5.69 Å². The third-order valence-corrected chi connectivity index (χ3v) is 2.93. The van der Waals surface area contributed by atoms with Crippen molar-refractivity contribution in [1.82, 2.24) is 9.55 Å². The molecule has 0 atom stereocenters. The van der Waals surface area contributed by atoms with E-state index in [-0.39, 0.29) is 0 Å². The summed E-state index contributed by atoms with van der Waals surface area (Å²) in [4.78, 5) is 4.35. The zero-order valence-corrected chi connectivity index (χ0v) is 10.9. The first-order valence-electron chi connectivity index (χ1n) is 5.18. The second-order valence-electron chi connectivity index (χ2n) is 4.01. The number of anilines is 1. The van der Waals surface area contributed by atoms with Gasteiger partial charge in [-0.1, -0.05) is 29.8 Å². The van der Waals surface area contributed by atoms with Gasteiger partial charge in [-0.05, 0) is 18.2 Å². The highest BCUT2D eigenvalue weighted by Gasteiger charge is 2.10. The Morgan fingerprint density at radius 1 is 1.38 bits per heavy atom.